The number of anilines is 1. The molecule has 2 atom stereocenters. The van der Waals surface area contributed by atoms with E-state index in [9.17, 15) is 4.21 Å². The fraction of sp³-hybridized carbons (Fsp3) is 0.600. The van der Waals surface area contributed by atoms with Crippen LogP contribution in [0.5, 0.6) is 5.75 Å². The molecule has 0 aliphatic heterocycles. The quantitative estimate of drug-likeness (QED) is 0.809. The van der Waals surface area contributed by atoms with Gasteiger partial charge in [0.2, 0.25) is 5.95 Å². The van der Waals surface area contributed by atoms with E-state index in [1.54, 1.807) is 25.8 Å². The molecular weight excluding hydrogens is 226 g/mol. The lowest BCUT2D eigenvalue weighted by Gasteiger charge is -2.12. The lowest BCUT2D eigenvalue weighted by atomic mass is 10.3. The molecule has 6 heteroatoms. The Bertz CT molecular complexity index is 342. The highest BCUT2D eigenvalue weighted by Gasteiger charge is 2.05. The predicted octanol–water partition coefficient (Wildman–Crippen LogP) is 1.05. The molecule has 1 aromatic heterocycles. The van der Waals surface area contributed by atoms with Crippen LogP contribution >= 0.6 is 0 Å². The summed E-state index contributed by atoms with van der Waals surface area (Å²) < 4.78 is 15.9. The van der Waals surface area contributed by atoms with Crippen LogP contribution in [-0.4, -0.2) is 39.3 Å². The van der Waals surface area contributed by atoms with Crippen molar-refractivity contribution >= 4 is 16.7 Å². The first-order valence-corrected chi connectivity index (χ1v) is 6.77. The van der Waals surface area contributed by atoms with Gasteiger partial charge in [0.1, 0.15) is 0 Å². The van der Waals surface area contributed by atoms with Crippen molar-refractivity contribution < 1.29 is 8.95 Å². The van der Waals surface area contributed by atoms with Gasteiger partial charge in [0, 0.05) is 28.9 Å². The zero-order chi connectivity index (χ0) is 12.0. The van der Waals surface area contributed by atoms with Crippen LogP contribution in [-0.2, 0) is 10.8 Å². The van der Waals surface area contributed by atoms with E-state index in [2.05, 4.69) is 15.3 Å². The maximum absolute atomic E-state index is 10.9. The van der Waals surface area contributed by atoms with Crippen molar-refractivity contribution in [3.63, 3.8) is 0 Å². The molecule has 16 heavy (non-hydrogen) atoms. The molecular formula is C10H17N3O2S. The molecule has 2 unspecified atom stereocenters. The highest BCUT2D eigenvalue weighted by molar-refractivity contribution is 7.84. The molecule has 0 amide bonds. The fourth-order valence-corrected chi connectivity index (χ4v) is 1.82. The van der Waals surface area contributed by atoms with Gasteiger partial charge in [-0.3, -0.25) is 4.21 Å². The van der Waals surface area contributed by atoms with Gasteiger partial charge in [-0.1, -0.05) is 0 Å². The van der Waals surface area contributed by atoms with E-state index in [1.165, 1.54) is 0 Å². The van der Waals surface area contributed by atoms with Crippen LogP contribution in [0.15, 0.2) is 12.4 Å². The molecule has 5 nitrogen and oxygen atoms in total. The number of ether oxygens (including phenoxy) is 1. The van der Waals surface area contributed by atoms with Gasteiger partial charge in [-0.2, -0.15) is 0 Å². The lowest BCUT2D eigenvalue weighted by molar-refractivity contribution is 0.411. The molecule has 1 N–H and O–H groups in total. The summed E-state index contributed by atoms with van der Waals surface area (Å²) in [6.07, 6.45) is 5.76. The zero-order valence-electron chi connectivity index (χ0n) is 9.77. The van der Waals surface area contributed by atoms with Crippen LogP contribution in [0.3, 0.4) is 0 Å². The van der Waals surface area contributed by atoms with Gasteiger partial charge >= 0.3 is 0 Å². The number of hydrogen-bond donors (Lipinski definition) is 1. The second-order valence-corrected chi connectivity index (χ2v) is 5.11. The minimum Gasteiger partial charge on any atom is -0.494 e. The van der Waals surface area contributed by atoms with Gasteiger partial charge in [0.25, 0.3) is 0 Å². The summed E-state index contributed by atoms with van der Waals surface area (Å²) in [6.45, 7) is 2.01. The molecule has 0 aliphatic rings. The SMILES string of the molecule is COc1cnc(NC(C)CCS(C)=O)nc1. The molecule has 1 aromatic rings. The summed E-state index contributed by atoms with van der Waals surface area (Å²) in [6, 6.07) is 0.206. The monoisotopic (exact) mass is 243 g/mol. The maximum atomic E-state index is 10.9. The standard InChI is InChI=1S/C10H17N3O2S/c1-8(4-5-16(3)14)13-10-11-6-9(15-2)7-12-10/h6-8H,4-5H2,1-3H3,(H,11,12,13). The Labute approximate surface area is 98.1 Å². The van der Waals surface area contributed by atoms with Crippen molar-refractivity contribution in [2.45, 2.75) is 19.4 Å². The van der Waals surface area contributed by atoms with E-state index < -0.39 is 10.8 Å². The highest BCUT2D eigenvalue weighted by Crippen LogP contribution is 2.08. The Hall–Kier alpha value is -1.17. The van der Waals surface area contributed by atoms with Crippen molar-refractivity contribution in [3.8, 4) is 5.75 Å². The third-order valence-corrected chi connectivity index (χ3v) is 2.89. The summed E-state index contributed by atoms with van der Waals surface area (Å²) in [5.74, 6) is 1.88. The zero-order valence-corrected chi connectivity index (χ0v) is 10.6. The summed E-state index contributed by atoms with van der Waals surface area (Å²) >= 11 is 0. The summed E-state index contributed by atoms with van der Waals surface area (Å²) in [5, 5.41) is 3.14. The second-order valence-electron chi connectivity index (χ2n) is 3.56. The number of aromatic nitrogens is 2. The summed E-state index contributed by atoms with van der Waals surface area (Å²) in [4.78, 5) is 8.19. The van der Waals surface area contributed by atoms with E-state index in [0.717, 1.165) is 6.42 Å². The van der Waals surface area contributed by atoms with Gasteiger partial charge in [-0.15, -0.1) is 0 Å². The van der Waals surface area contributed by atoms with E-state index in [-0.39, 0.29) is 6.04 Å². The smallest absolute Gasteiger partial charge is 0.223 e. The Morgan fingerprint density at radius 3 is 2.62 bits per heavy atom. The third kappa shape index (κ3) is 4.57. The molecule has 1 rings (SSSR count). The maximum Gasteiger partial charge on any atom is 0.223 e. The van der Waals surface area contributed by atoms with Crippen LogP contribution in [0.4, 0.5) is 5.95 Å². The van der Waals surface area contributed by atoms with E-state index in [1.807, 2.05) is 6.92 Å². The van der Waals surface area contributed by atoms with Crippen molar-refractivity contribution in [3.05, 3.63) is 12.4 Å². The molecule has 0 aliphatic carbocycles. The molecule has 1 heterocycles. The largest absolute Gasteiger partial charge is 0.494 e. The Morgan fingerprint density at radius 2 is 2.12 bits per heavy atom. The Morgan fingerprint density at radius 1 is 1.50 bits per heavy atom. The van der Waals surface area contributed by atoms with Gasteiger partial charge in [-0.25, -0.2) is 9.97 Å². The summed E-state index contributed by atoms with van der Waals surface area (Å²) in [7, 11) is 0.824. The molecule has 0 radical (unpaired) electrons. The number of hydrogen-bond acceptors (Lipinski definition) is 5. The normalized spacial score (nSPS) is 14.2. The molecule has 0 saturated carbocycles. The van der Waals surface area contributed by atoms with Crippen molar-refractivity contribution in [1.82, 2.24) is 9.97 Å². The molecule has 0 saturated heterocycles. The van der Waals surface area contributed by atoms with Crippen molar-refractivity contribution in [2.24, 2.45) is 0 Å². The minimum absolute atomic E-state index is 0.206. The Kier molecular flexibility index (Phi) is 5.18. The van der Waals surface area contributed by atoms with Gasteiger partial charge in [-0.05, 0) is 13.3 Å². The van der Waals surface area contributed by atoms with E-state index >= 15 is 0 Å². The number of nitrogens with one attached hydrogen (secondary N) is 1. The second kappa shape index (κ2) is 6.42. The predicted molar refractivity (Wildman–Crippen MR) is 65.2 cm³/mol. The number of rotatable bonds is 6. The lowest BCUT2D eigenvalue weighted by Crippen LogP contribution is -2.19. The van der Waals surface area contributed by atoms with Crippen LogP contribution in [0.1, 0.15) is 13.3 Å². The van der Waals surface area contributed by atoms with Gasteiger partial charge in [0.15, 0.2) is 5.75 Å². The highest BCUT2D eigenvalue weighted by atomic mass is 32.2. The first-order valence-electron chi connectivity index (χ1n) is 5.04. The molecule has 0 aromatic carbocycles. The fourth-order valence-electron chi connectivity index (χ4n) is 1.13. The molecule has 0 spiro atoms. The average molecular weight is 243 g/mol. The first-order chi connectivity index (χ1) is 7.61. The van der Waals surface area contributed by atoms with Crippen LogP contribution in [0.2, 0.25) is 0 Å². The third-order valence-electron chi connectivity index (χ3n) is 2.08. The topological polar surface area (TPSA) is 64.1 Å². The van der Waals surface area contributed by atoms with E-state index in [4.69, 9.17) is 4.74 Å². The van der Waals surface area contributed by atoms with Crippen LogP contribution in [0, 0.1) is 0 Å². The summed E-state index contributed by atoms with van der Waals surface area (Å²) in [5.41, 5.74) is 0. The average Bonchev–Trinajstić information content (AvgIpc) is 2.27. The van der Waals surface area contributed by atoms with Crippen LogP contribution < -0.4 is 10.1 Å². The number of methoxy groups -OCH3 is 1. The molecule has 0 fully saturated rings. The van der Waals surface area contributed by atoms with Gasteiger partial charge < -0.3 is 10.1 Å². The Balaban J connectivity index is 2.43. The first kappa shape index (κ1) is 12.9. The van der Waals surface area contributed by atoms with Crippen molar-refractivity contribution in [1.29, 1.82) is 0 Å². The number of nitrogens with zero attached hydrogens (tertiary/aromatic N) is 2. The van der Waals surface area contributed by atoms with Crippen molar-refractivity contribution in [2.75, 3.05) is 24.4 Å². The van der Waals surface area contributed by atoms with Gasteiger partial charge in [0.05, 0.1) is 19.5 Å². The van der Waals surface area contributed by atoms with Crippen LogP contribution in [0.25, 0.3) is 0 Å². The van der Waals surface area contributed by atoms with E-state index in [0.29, 0.717) is 17.5 Å². The molecule has 90 valence electrons. The minimum atomic E-state index is -0.750. The molecule has 0 bridgehead atoms.